The third kappa shape index (κ3) is 4.55. The quantitative estimate of drug-likeness (QED) is 0.726. The van der Waals surface area contributed by atoms with E-state index in [4.69, 9.17) is 4.74 Å². The lowest BCUT2D eigenvalue weighted by atomic mass is 10.1. The fraction of sp³-hybridized carbons (Fsp3) is 0.500. The lowest BCUT2D eigenvalue weighted by molar-refractivity contribution is -0.117. The third-order valence-corrected chi connectivity index (χ3v) is 2.48. The van der Waals surface area contributed by atoms with Gasteiger partial charge in [-0.2, -0.15) is 0 Å². The molecular formula is C14H19FO2. The second kappa shape index (κ2) is 7.05. The second-order valence-electron chi connectivity index (χ2n) is 4.13. The maximum atomic E-state index is 13.9. The number of ketones is 1. The van der Waals surface area contributed by atoms with Crippen LogP contribution < -0.4 is 4.74 Å². The van der Waals surface area contributed by atoms with Crippen LogP contribution in [0.2, 0.25) is 0 Å². The minimum atomic E-state index is -0.287. The van der Waals surface area contributed by atoms with Crippen molar-refractivity contribution >= 4 is 5.78 Å². The Labute approximate surface area is 102 Å². The molecule has 0 fully saturated rings. The van der Waals surface area contributed by atoms with Crippen LogP contribution in [0, 0.1) is 5.82 Å². The molecular weight excluding hydrogens is 219 g/mol. The van der Waals surface area contributed by atoms with Crippen LogP contribution in [0.25, 0.3) is 0 Å². The number of benzene rings is 1. The van der Waals surface area contributed by atoms with Crippen molar-refractivity contribution in [3.8, 4) is 5.75 Å². The van der Waals surface area contributed by atoms with Crippen LogP contribution in [-0.4, -0.2) is 12.4 Å². The van der Waals surface area contributed by atoms with E-state index >= 15 is 0 Å². The fourth-order valence-corrected chi connectivity index (χ4v) is 1.60. The zero-order chi connectivity index (χ0) is 12.7. The average Bonchev–Trinajstić information content (AvgIpc) is 2.29. The molecule has 0 aliphatic rings. The Kier molecular flexibility index (Phi) is 5.67. The van der Waals surface area contributed by atoms with Crippen LogP contribution in [0.3, 0.4) is 0 Å². The Hall–Kier alpha value is -1.38. The number of hydrogen-bond donors (Lipinski definition) is 0. The minimum absolute atomic E-state index is 0.142. The molecule has 0 aliphatic heterocycles. The molecule has 0 aromatic heterocycles. The number of hydrogen-bond acceptors (Lipinski definition) is 2. The summed E-state index contributed by atoms with van der Waals surface area (Å²) in [6.45, 7) is 4.06. The van der Waals surface area contributed by atoms with Crippen LogP contribution in [-0.2, 0) is 11.2 Å². The second-order valence-corrected chi connectivity index (χ2v) is 4.13. The van der Waals surface area contributed by atoms with Gasteiger partial charge in [-0.15, -0.1) is 0 Å². The molecule has 0 saturated heterocycles. The van der Waals surface area contributed by atoms with Gasteiger partial charge in [-0.1, -0.05) is 19.1 Å². The van der Waals surface area contributed by atoms with E-state index in [9.17, 15) is 9.18 Å². The van der Waals surface area contributed by atoms with Crippen molar-refractivity contribution in [3.05, 3.63) is 29.6 Å². The molecule has 17 heavy (non-hydrogen) atoms. The minimum Gasteiger partial charge on any atom is -0.491 e. The first-order valence-electron chi connectivity index (χ1n) is 6.04. The van der Waals surface area contributed by atoms with Crippen molar-refractivity contribution in [2.24, 2.45) is 0 Å². The molecule has 1 rings (SSSR count). The molecule has 0 saturated carbocycles. The summed E-state index contributed by atoms with van der Waals surface area (Å²) < 4.78 is 19.2. The molecule has 1 aromatic rings. The van der Waals surface area contributed by atoms with E-state index in [1.165, 1.54) is 0 Å². The number of carbonyl (C=O) groups excluding carboxylic acids is 1. The summed E-state index contributed by atoms with van der Waals surface area (Å²) in [6, 6.07) is 5.17. The highest BCUT2D eigenvalue weighted by atomic mass is 19.1. The van der Waals surface area contributed by atoms with E-state index in [-0.39, 0.29) is 11.6 Å². The molecule has 1 aromatic carbocycles. The van der Waals surface area contributed by atoms with E-state index in [0.717, 1.165) is 6.42 Å². The van der Waals surface area contributed by atoms with Crippen LogP contribution in [0.4, 0.5) is 4.39 Å². The lowest BCUT2D eigenvalue weighted by Crippen LogP contribution is -2.01. The van der Waals surface area contributed by atoms with Crippen molar-refractivity contribution in [1.82, 2.24) is 0 Å². The maximum Gasteiger partial charge on any atom is 0.168 e. The SMILES string of the molecule is CCCOc1cccc(CCCC(C)=O)c1F. The van der Waals surface area contributed by atoms with Gasteiger partial charge in [0.15, 0.2) is 11.6 Å². The van der Waals surface area contributed by atoms with Gasteiger partial charge < -0.3 is 9.53 Å². The predicted molar refractivity (Wildman–Crippen MR) is 65.8 cm³/mol. The van der Waals surface area contributed by atoms with Gasteiger partial charge in [-0.3, -0.25) is 0 Å². The lowest BCUT2D eigenvalue weighted by Gasteiger charge is -2.09. The highest BCUT2D eigenvalue weighted by Crippen LogP contribution is 2.22. The molecule has 2 nitrogen and oxygen atoms in total. The van der Waals surface area contributed by atoms with Crippen LogP contribution in [0.15, 0.2) is 18.2 Å². The van der Waals surface area contributed by atoms with Crippen molar-refractivity contribution in [2.45, 2.75) is 39.5 Å². The molecule has 0 radical (unpaired) electrons. The van der Waals surface area contributed by atoms with E-state index < -0.39 is 0 Å². The summed E-state index contributed by atoms with van der Waals surface area (Å²) in [5.41, 5.74) is 0.625. The van der Waals surface area contributed by atoms with Crippen LogP contribution >= 0.6 is 0 Å². The monoisotopic (exact) mass is 238 g/mol. The van der Waals surface area contributed by atoms with E-state index in [1.54, 1.807) is 25.1 Å². The smallest absolute Gasteiger partial charge is 0.168 e. The van der Waals surface area contributed by atoms with E-state index in [0.29, 0.717) is 37.2 Å². The Morgan fingerprint density at radius 2 is 2.18 bits per heavy atom. The molecule has 0 amide bonds. The zero-order valence-corrected chi connectivity index (χ0v) is 10.5. The highest BCUT2D eigenvalue weighted by Gasteiger charge is 2.08. The zero-order valence-electron chi connectivity index (χ0n) is 10.5. The number of Topliss-reactive ketones (excluding diaryl/α,β-unsaturated/α-hetero) is 1. The van der Waals surface area contributed by atoms with Gasteiger partial charge in [0.05, 0.1) is 6.61 Å². The van der Waals surface area contributed by atoms with Gasteiger partial charge >= 0.3 is 0 Å². The van der Waals surface area contributed by atoms with Gasteiger partial charge in [0.25, 0.3) is 0 Å². The first-order chi connectivity index (χ1) is 8.15. The Morgan fingerprint density at radius 3 is 2.82 bits per heavy atom. The van der Waals surface area contributed by atoms with Gasteiger partial charge in [-0.25, -0.2) is 4.39 Å². The molecule has 3 heteroatoms. The van der Waals surface area contributed by atoms with Gasteiger partial charge in [-0.05, 0) is 37.8 Å². The highest BCUT2D eigenvalue weighted by molar-refractivity contribution is 5.75. The fourth-order valence-electron chi connectivity index (χ4n) is 1.60. The van der Waals surface area contributed by atoms with E-state index in [2.05, 4.69) is 0 Å². The predicted octanol–water partition coefficient (Wildman–Crippen LogP) is 3.53. The van der Waals surface area contributed by atoms with Crippen molar-refractivity contribution < 1.29 is 13.9 Å². The molecule has 0 bridgehead atoms. The van der Waals surface area contributed by atoms with Gasteiger partial charge in [0.1, 0.15) is 5.78 Å². The number of halogens is 1. The van der Waals surface area contributed by atoms with Crippen molar-refractivity contribution in [2.75, 3.05) is 6.61 Å². The first-order valence-corrected chi connectivity index (χ1v) is 6.04. The first kappa shape index (κ1) is 13.7. The number of carbonyl (C=O) groups is 1. The Morgan fingerprint density at radius 1 is 1.41 bits per heavy atom. The average molecular weight is 238 g/mol. The molecule has 0 aliphatic carbocycles. The topological polar surface area (TPSA) is 26.3 Å². The number of rotatable bonds is 7. The van der Waals surface area contributed by atoms with Crippen LogP contribution in [0.1, 0.15) is 38.7 Å². The Balaban J connectivity index is 2.62. The summed E-state index contributed by atoms with van der Waals surface area (Å²) in [7, 11) is 0. The van der Waals surface area contributed by atoms with Gasteiger partial charge in [0, 0.05) is 6.42 Å². The van der Waals surface area contributed by atoms with Gasteiger partial charge in [0.2, 0.25) is 0 Å². The van der Waals surface area contributed by atoms with Crippen molar-refractivity contribution in [1.29, 1.82) is 0 Å². The normalized spacial score (nSPS) is 10.3. The summed E-state index contributed by atoms with van der Waals surface area (Å²) >= 11 is 0. The summed E-state index contributed by atoms with van der Waals surface area (Å²) in [5, 5.41) is 0. The number of ether oxygens (including phenoxy) is 1. The molecule has 0 unspecified atom stereocenters. The van der Waals surface area contributed by atoms with Crippen molar-refractivity contribution in [3.63, 3.8) is 0 Å². The molecule has 0 N–H and O–H groups in total. The van der Waals surface area contributed by atoms with Crippen LogP contribution in [0.5, 0.6) is 5.75 Å². The molecule has 94 valence electrons. The summed E-state index contributed by atoms with van der Waals surface area (Å²) in [5.74, 6) is 0.167. The molecule has 0 atom stereocenters. The largest absolute Gasteiger partial charge is 0.491 e. The molecule has 0 spiro atoms. The standard InChI is InChI=1S/C14H19FO2/c1-3-10-17-13-9-5-8-12(14(13)15)7-4-6-11(2)16/h5,8-9H,3-4,6-7,10H2,1-2H3. The Bertz CT molecular complexity index is 374. The number of aryl methyl sites for hydroxylation is 1. The summed E-state index contributed by atoms with van der Waals surface area (Å²) in [4.78, 5) is 10.8. The van der Waals surface area contributed by atoms with E-state index in [1.807, 2.05) is 6.92 Å². The third-order valence-electron chi connectivity index (χ3n) is 2.48. The summed E-state index contributed by atoms with van der Waals surface area (Å²) in [6.07, 6.45) is 2.62. The molecule has 0 heterocycles. The maximum absolute atomic E-state index is 13.9.